The molecule has 1 aliphatic carbocycles. The number of hydrogen-bond donors (Lipinski definition) is 2. The molecule has 1 unspecified atom stereocenters. The highest BCUT2D eigenvalue weighted by molar-refractivity contribution is 5.80. The third kappa shape index (κ3) is 3.29. The standard InChI is InChI=1S/C15H28N2O2/c1-4-16-15(13(18)19,12-5-6-12)11-17-9-7-14(2,3)8-10-17/h12,16H,4-11H2,1-3H3,(H,18,19). The molecule has 0 spiro atoms. The lowest BCUT2D eigenvalue weighted by atomic mass is 9.81. The van der Waals surface area contributed by atoms with Crippen LogP contribution in [0.15, 0.2) is 0 Å². The summed E-state index contributed by atoms with van der Waals surface area (Å²) in [6, 6.07) is 0. The van der Waals surface area contributed by atoms with Crippen molar-refractivity contribution in [2.75, 3.05) is 26.2 Å². The summed E-state index contributed by atoms with van der Waals surface area (Å²) in [7, 11) is 0. The van der Waals surface area contributed by atoms with E-state index in [1.54, 1.807) is 0 Å². The van der Waals surface area contributed by atoms with Crippen LogP contribution in [0.1, 0.15) is 46.5 Å². The second-order valence-corrected chi connectivity index (χ2v) is 7.02. The van der Waals surface area contributed by atoms with Crippen LogP contribution in [-0.4, -0.2) is 47.7 Å². The summed E-state index contributed by atoms with van der Waals surface area (Å²) in [6.07, 6.45) is 4.44. The van der Waals surface area contributed by atoms with E-state index in [2.05, 4.69) is 24.1 Å². The van der Waals surface area contributed by atoms with E-state index < -0.39 is 11.5 Å². The fraction of sp³-hybridized carbons (Fsp3) is 0.933. The van der Waals surface area contributed by atoms with Gasteiger partial charge in [-0.25, -0.2) is 0 Å². The van der Waals surface area contributed by atoms with E-state index in [1.807, 2.05) is 6.92 Å². The van der Waals surface area contributed by atoms with E-state index in [0.717, 1.165) is 32.5 Å². The number of nitrogens with zero attached hydrogens (tertiary/aromatic N) is 1. The molecule has 2 fully saturated rings. The minimum absolute atomic E-state index is 0.319. The van der Waals surface area contributed by atoms with Gasteiger partial charge in [0.2, 0.25) is 0 Å². The van der Waals surface area contributed by atoms with Gasteiger partial charge in [0.1, 0.15) is 5.54 Å². The van der Waals surface area contributed by atoms with Gasteiger partial charge in [0, 0.05) is 6.54 Å². The van der Waals surface area contributed by atoms with Crippen molar-refractivity contribution in [3.63, 3.8) is 0 Å². The maximum absolute atomic E-state index is 11.8. The molecule has 110 valence electrons. The van der Waals surface area contributed by atoms with Gasteiger partial charge >= 0.3 is 5.97 Å². The normalized spacial score (nSPS) is 26.9. The summed E-state index contributed by atoms with van der Waals surface area (Å²) in [5.74, 6) is -0.346. The van der Waals surface area contributed by atoms with Crippen molar-refractivity contribution in [3.8, 4) is 0 Å². The number of hydrogen-bond acceptors (Lipinski definition) is 3. The first kappa shape index (κ1) is 14.8. The van der Waals surface area contributed by atoms with Gasteiger partial charge in [-0.15, -0.1) is 0 Å². The molecule has 0 radical (unpaired) electrons. The zero-order chi connectivity index (χ0) is 14.1. The van der Waals surface area contributed by atoms with Gasteiger partial charge in [-0.2, -0.15) is 0 Å². The third-order valence-corrected chi connectivity index (χ3v) is 4.83. The van der Waals surface area contributed by atoms with Crippen molar-refractivity contribution in [2.24, 2.45) is 11.3 Å². The van der Waals surface area contributed by atoms with Crippen molar-refractivity contribution in [3.05, 3.63) is 0 Å². The molecule has 0 amide bonds. The largest absolute Gasteiger partial charge is 0.480 e. The highest BCUT2D eigenvalue weighted by Crippen LogP contribution is 2.41. The molecule has 19 heavy (non-hydrogen) atoms. The second kappa shape index (κ2) is 5.41. The molecule has 0 aromatic carbocycles. The Balaban J connectivity index is 2.02. The number of piperidine rings is 1. The Kier molecular flexibility index (Phi) is 4.21. The van der Waals surface area contributed by atoms with E-state index in [-0.39, 0.29) is 0 Å². The summed E-state index contributed by atoms with van der Waals surface area (Å²) in [5, 5.41) is 13.0. The van der Waals surface area contributed by atoms with Gasteiger partial charge < -0.3 is 15.3 Å². The zero-order valence-corrected chi connectivity index (χ0v) is 12.5. The Morgan fingerprint density at radius 1 is 1.37 bits per heavy atom. The van der Waals surface area contributed by atoms with Crippen LogP contribution >= 0.6 is 0 Å². The lowest BCUT2D eigenvalue weighted by Crippen LogP contribution is -2.61. The molecule has 0 bridgehead atoms. The van der Waals surface area contributed by atoms with Crippen LogP contribution in [0.25, 0.3) is 0 Å². The van der Waals surface area contributed by atoms with Crippen LogP contribution in [0.3, 0.4) is 0 Å². The number of likely N-dealkylation sites (tertiary alicyclic amines) is 1. The first-order valence-electron chi connectivity index (χ1n) is 7.60. The zero-order valence-electron chi connectivity index (χ0n) is 12.5. The molecular formula is C15H28N2O2. The van der Waals surface area contributed by atoms with Crippen molar-refractivity contribution in [2.45, 2.75) is 52.0 Å². The van der Waals surface area contributed by atoms with Crippen LogP contribution < -0.4 is 5.32 Å². The molecule has 1 saturated carbocycles. The Morgan fingerprint density at radius 2 is 1.95 bits per heavy atom. The summed E-state index contributed by atoms with van der Waals surface area (Å²) < 4.78 is 0. The molecule has 2 rings (SSSR count). The van der Waals surface area contributed by atoms with E-state index in [0.29, 0.717) is 17.9 Å². The lowest BCUT2D eigenvalue weighted by Gasteiger charge is -2.41. The summed E-state index contributed by atoms with van der Waals surface area (Å²) >= 11 is 0. The number of nitrogens with one attached hydrogen (secondary N) is 1. The fourth-order valence-electron chi connectivity index (χ4n) is 3.21. The first-order chi connectivity index (χ1) is 8.89. The van der Waals surface area contributed by atoms with E-state index in [9.17, 15) is 9.90 Å². The van der Waals surface area contributed by atoms with Gasteiger partial charge in [-0.3, -0.25) is 4.79 Å². The number of carbonyl (C=O) groups is 1. The van der Waals surface area contributed by atoms with Crippen molar-refractivity contribution in [1.29, 1.82) is 0 Å². The van der Waals surface area contributed by atoms with Crippen molar-refractivity contribution in [1.82, 2.24) is 10.2 Å². The maximum atomic E-state index is 11.8. The minimum Gasteiger partial charge on any atom is -0.480 e. The second-order valence-electron chi connectivity index (χ2n) is 7.02. The van der Waals surface area contributed by atoms with Crippen LogP contribution in [0.2, 0.25) is 0 Å². The average Bonchev–Trinajstić information content (AvgIpc) is 3.15. The fourth-order valence-corrected chi connectivity index (χ4v) is 3.21. The molecule has 1 saturated heterocycles. The number of likely N-dealkylation sites (N-methyl/N-ethyl adjacent to an activating group) is 1. The van der Waals surface area contributed by atoms with Crippen molar-refractivity contribution >= 4 is 5.97 Å². The van der Waals surface area contributed by atoms with Crippen LogP contribution in [0.4, 0.5) is 0 Å². The smallest absolute Gasteiger partial charge is 0.325 e. The summed E-state index contributed by atoms with van der Waals surface area (Å²) in [6.45, 7) is 10.1. The summed E-state index contributed by atoms with van der Waals surface area (Å²) in [5.41, 5.74) is -0.295. The molecule has 4 heteroatoms. The molecule has 4 nitrogen and oxygen atoms in total. The van der Waals surface area contributed by atoms with Gasteiger partial charge in [0.15, 0.2) is 0 Å². The van der Waals surface area contributed by atoms with Gasteiger partial charge in [-0.05, 0) is 56.7 Å². The first-order valence-corrected chi connectivity index (χ1v) is 7.60. The predicted octanol–water partition coefficient (Wildman–Crippen LogP) is 1.95. The quantitative estimate of drug-likeness (QED) is 0.773. The number of carboxylic acid groups (broad SMARTS) is 1. The molecule has 1 heterocycles. The monoisotopic (exact) mass is 268 g/mol. The highest BCUT2D eigenvalue weighted by Gasteiger charge is 2.51. The number of carboxylic acids is 1. The van der Waals surface area contributed by atoms with E-state index >= 15 is 0 Å². The Hall–Kier alpha value is -0.610. The Bertz CT molecular complexity index is 329. The minimum atomic E-state index is -0.712. The van der Waals surface area contributed by atoms with Crippen LogP contribution in [0.5, 0.6) is 0 Å². The molecule has 1 atom stereocenters. The molecule has 1 aliphatic heterocycles. The Labute approximate surface area is 116 Å². The van der Waals surface area contributed by atoms with Gasteiger partial charge in [0.25, 0.3) is 0 Å². The number of rotatable bonds is 6. The molecular weight excluding hydrogens is 240 g/mol. The van der Waals surface area contributed by atoms with E-state index in [1.165, 1.54) is 12.8 Å². The summed E-state index contributed by atoms with van der Waals surface area (Å²) in [4.78, 5) is 14.2. The molecule has 0 aromatic heterocycles. The van der Waals surface area contributed by atoms with E-state index in [4.69, 9.17) is 0 Å². The SMILES string of the molecule is CCNC(CN1CCC(C)(C)CC1)(C(=O)O)C1CC1. The van der Waals surface area contributed by atoms with Crippen LogP contribution in [-0.2, 0) is 4.79 Å². The predicted molar refractivity (Wildman–Crippen MR) is 76.2 cm³/mol. The maximum Gasteiger partial charge on any atom is 0.325 e. The highest BCUT2D eigenvalue weighted by atomic mass is 16.4. The number of aliphatic carboxylic acids is 1. The van der Waals surface area contributed by atoms with Crippen LogP contribution in [0, 0.1) is 11.3 Å². The lowest BCUT2D eigenvalue weighted by molar-refractivity contribution is -0.147. The molecule has 2 aliphatic rings. The van der Waals surface area contributed by atoms with Gasteiger partial charge in [-0.1, -0.05) is 20.8 Å². The van der Waals surface area contributed by atoms with Gasteiger partial charge in [0.05, 0.1) is 0 Å². The topological polar surface area (TPSA) is 52.6 Å². The average molecular weight is 268 g/mol. The Morgan fingerprint density at radius 3 is 2.37 bits per heavy atom. The van der Waals surface area contributed by atoms with Crippen molar-refractivity contribution < 1.29 is 9.90 Å². The third-order valence-electron chi connectivity index (χ3n) is 4.83. The molecule has 0 aromatic rings. The molecule has 2 N–H and O–H groups in total.